The van der Waals surface area contributed by atoms with Gasteiger partial charge >= 0.3 is 5.97 Å². The molecule has 0 bridgehead atoms. The first kappa shape index (κ1) is 24.6. The standard InChI is InChI=1S/C21H24ClN3O5S/c1-4-10-24(11-5-2)31-19-9-6-14(12-18(19)25(28)29)20(26)23-17-8-7-15(22)13-16(17)21(27)30-3/h6-9,12-13H,4-5,10-11H2,1-3H3,(H,23,26). The van der Waals surface area contributed by atoms with Crippen molar-refractivity contribution in [2.75, 3.05) is 25.5 Å². The number of nitrogens with one attached hydrogen (secondary N) is 1. The van der Waals surface area contributed by atoms with Crippen LogP contribution in [0.15, 0.2) is 41.3 Å². The Bertz CT molecular complexity index is 964. The van der Waals surface area contributed by atoms with Gasteiger partial charge in [-0.1, -0.05) is 25.4 Å². The van der Waals surface area contributed by atoms with Crippen LogP contribution >= 0.6 is 23.5 Å². The number of hydrogen-bond acceptors (Lipinski definition) is 7. The summed E-state index contributed by atoms with van der Waals surface area (Å²) in [6.45, 7) is 5.68. The first-order chi connectivity index (χ1) is 14.8. The fraction of sp³-hybridized carbons (Fsp3) is 0.333. The SMILES string of the molecule is CCCN(CCC)Sc1ccc(C(=O)Nc2ccc(Cl)cc2C(=O)OC)cc1[N+](=O)[O-]. The van der Waals surface area contributed by atoms with Crippen molar-refractivity contribution < 1.29 is 19.2 Å². The Kier molecular flexibility index (Phi) is 9.29. The number of benzene rings is 2. The number of anilines is 1. The van der Waals surface area contributed by atoms with Crippen molar-refractivity contribution in [3.63, 3.8) is 0 Å². The largest absolute Gasteiger partial charge is 0.465 e. The van der Waals surface area contributed by atoms with Gasteiger partial charge in [0, 0.05) is 29.7 Å². The van der Waals surface area contributed by atoms with Gasteiger partial charge in [0.1, 0.15) is 4.90 Å². The molecule has 0 atom stereocenters. The van der Waals surface area contributed by atoms with Crippen molar-refractivity contribution in [1.82, 2.24) is 4.31 Å². The molecule has 31 heavy (non-hydrogen) atoms. The van der Waals surface area contributed by atoms with Crippen LogP contribution in [0.1, 0.15) is 47.4 Å². The van der Waals surface area contributed by atoms with Gasteiger partial charge in [-0.3, -0.25) is 14.9 Å². The van der Waals surface area contributed by atoms with E-state index in [0.717, 1.165) is 25.9 Å². The number of hydrogen-bond donors (Lipinski definition) is 1. The lowest BCUT2D eigenvalue weighted by atomic mass is 10.1. The second kappa shape index (κ2) is 11.7. The Balaban J connectivity index is 2.31. The molecule has 0 aliphatic rings. The third-order valence-corrected chi connectivity index (χ3v) is 5.63. The zero-order valence-corrected chi connectivity index (χ0v) is 19.1. The lowest BCUT2D eigenvalue weighted by Crippen LogP contribution is -2.18. The third-order valence-electron chi connectivity index (χ3n) is 4.23. The van der Waals surface area contributed by atoms with E-state index in [0.29, 0.717) is 9.92 Å². The highest BCUT2D eigenvalue weighted by atomic mass is 35.5. The molecular formula is C21H24ClN3O5S. The molecular weight excluding hydrogens is 442 g/mol. The number of nitro benzene ring substituents is 1. The predicted octanol–water partition coefficient (Wildman–Crippen LogP) is 5.42. The Hall–Kier alpha value is -2.62. The summed E-state index contributed by atoms with van der Waals surface area (Å²) in [7, 11) is 1.22. The normalized spacial score (nSPS) is 10.7. The molecule has 0 saturated heterocycles. The van der Waals surface area contributed by atoms with Crippen LogP contribution in [0.4, 0.5) is 11.4 Å². The van der Waals surface area contributed by atoms with Crippen LogP contribution in [0.5, 0.6) is 0 Å². The molecule has 1 N–H and O–H groups in total. The Morgan fingerprint density at radius 3 is 2.42 bits per heavy atom. The quantitative estimate of drug-likeness (QED) is 0.216. The maximum Gasteiger partial charge on any atom is 0.340 e. The van der Waals surface area contributed by atoms with E-state index in [4.69, 9.17) is 16.3 Å². The fourth-order valence-corrected chi connectivity index (χ4v) is 4.17. The Labute approximate surface area is 190 Å². The first-order valence-corrected chi connectivity index (χ1v) is 10.9. The van der Waals surface area contributed by atoms with Gasteiger partial charge in [-0.15, -0.1) is 0 Å². The van der Waals surface area contributed by atoms with Crippen LogP contribution in [-0.4, -0.2) is 41.3 Å². The smallest absolute Gasteiger partial charge is 0.340 e. The van der Waals surface area contributed by atoms with E-state index in [1.165, 1.54) is 49.4 Å². The minimum atomic E-state index is -0.664. The van der Waals surface area contributed by atoms with Gasteiger partial charge in [0.15, 0.2) is 0 Å². The average molecular weight is 466 g/mol. The maximum atomic E-state index is 12.7. The van der Waals surface area contributed by atoms with Gasteiger partial charge in [0.2, 0.25) is 0 Å². The highest BCUT2D eigenvalue weighted by Gasteiger charge is 2.21. The minimum absolute atomic E-state index is 0.0831. The summed E-state index contributed by atoms with van der Waals surface area (Å²) in [5.74, 6) is -1.26. The van der Waals surface area contributed by atoms with Crippen LogP contribution in [0.2, 0.25) is 5.02 Å². The second-order valence-electron chi connectivity index (χ2n) is 6.60. The summed E-state index contributed by atoms with van der Waals surface area (Å²) >= 11 is 7.24. The molecule has 0 aliphatic heterocycles. The number of methoxy groups -OCH3 is 1. The number of rotatable bonds is 10. The van der Waals surface area contributed by atoms with Gasteiger partial charge in [-0.25, -0.2) is 9.10 Å². The zero-order chi connectivity index (χ0) is 23.0. The van der Waals surface area contributed by atoms with Crippen molar-refractivity contribution in [2.24, 2.45) is 0 Å². The van der Waals surface area contributed by atoms with E-state index < -0.39 is 16.8 Å². The van der Waals surface area contributed by atoms with Crippen LogP contribution in [0, 0.1) is 10.1 Å². The Morgan fingerprint density at radius 1 is 1.16 bits per heavy atom. The minimum Gasteiger partial charge on any atom is -0.465 e. The second-order valence-corrected chi connectivity index (χ2v) is 8.17. The topological polar surface area (TPSA) is 102 Å². The summed E-state index contributed by atoms with van der Waals surface area (Å²) in [4.78, 5) is 36.3. The van der Waals surface area contributed by atoms with E-state index in [-0.39, 0.29) is 22.5 Å². The zero-order valence-electron chi connectivity index (χ0n) is 17.5. The third kappa shape index (κ3) is 6.68. The molecule has 0 saturated carbocycles. The number of carbonyl (C=O) groups is 2. The maximum absolute atomic E-state index is 12.7. The lowest BCUT2D eigenvalue weighted by Gasteiger charge is -2.19. The van der Waals surface area contributed by atoms with Crippen molar-refractivity contribution >= 4 is 46.8 Å². The molecule has 0 unspecified atom stereocenters. The molecule has 166 valence electrons. The fourth-order valence-electron chi connectivity index (χ4n) is 2.82. The summed E-state index contributed by atoms with van der Waals surface area (Å²) in [6.07, 6.45) is 1.84. The molecule has 2 aromatic carbocycles. The van der Waals surface area contributed by atoms with Gasteiger partial charge in [0.05, 0.1) is 23.3 Å². The number of esters is 1. The van der Waals surface area contributed by atoms with Gasteiger partial charge < -0.3 is 10.1 Å². The monoisotopic (exact) mass is 465 g/mol. The molecule has 1 amide bonds. The molecule has 8 nitrogen and oxygen atoms in total. The molecule has 0 radical (unpaired) electrons. The van der Waals surface area contributed by atoms with E-state index in [1.807, 2.05) is 13.8 Å². The molecule has 0 fully saturated rings. The summed E-state index contributed by atoms with van der Waals surface area (Å²) in [5.41, 5.74) is 0.220. The number of carbonyl (C=O) groups excluding carboxylic acids is 2. The summed E-state index contributed by atoms with van der Waals surface area (Å²) in [5, 5.41) is 14.5. The summed E-state index contributed by atoms with van der Waals surface area (Å²) in [6, 6.07) is 8.69. The molecule has 0 spiro atoms. The molecule has 10 heteroatoms. The number of ether oxygens (including phenoxy) is 1. The van der Waals surface area contributed by atoms with Gasteiger partial charge in [0.25, 0.3) is 11.6 Å². The van der Waals surface area contributed by atoms with Crippen molar-refractivity contribution in [1.29, 1.82) is 0 Å². The van der Waals surface area contributed by atoms with Crippen LogP contribution in [-0.2, 0) is 4.74 Å². The van der Waals surface area contributed by atoms with Crippen LogP contribution in [0.3, 0.4) is 0 Å². The molecule has 2 aromatic rings. The molecule has 0 heterocycles. The van der Waals surface area contributed by atoms with Crippen molar-refractivity contribution in [3.8, 4) is 0 Å². The average Bonchev–Trinajstić information content (AvgIpc) is 2.74. The van der Waals surface area contributed by atoms with Crippen molar-refractivity contribution in [2.45, 2.75) is 31.6 Å². The predicted molar refractivity (Wildman–Crippen MR) is 122 cm³/mol. The molecule has 2 rings (SSSR count). The number of amides is 1. The van der Waals surface area contributed by atoms with Gasteiger partial charge in [-0.05, 0) is 55.1 Å². The number of nitro groups is 1. The highest BCUT2D eigenvalue weighted by Crippen LogP contribution is 2.33. The van der Waals surface area contributed by atoms with E-state index in [9.17, 15) is 19.7 Å². The van der Waals surface area contributed by atoms with E-state index >= 15 is 0 Å². The van der Waals surface area contributed by atoms with Crippen LogP contribution < -0.4 is 5.32 Å². The van der Waals surface area contributed by atoms with Crippen LogP contribution in [0.25, 0.3) is 0 Å². The number of halogens is 1. The van der Waals surface area contributed by atoms with E-state index in [1.54, 1.807) is 6.07 Å². The highest BCUT2D eigenvalue weighted by molar-refractivity contribution is 7.97. The molecule has 0 aliphatic carbocycles. The summed E-state index contributed by atoms with van der Waals surface area (Å²) < 4.78 is 6.78. The lowest BCUT2D eigenvalue weighted by molar-refractivity contribution is -0.387. The molecule has 0 aromatic heterocycles. The van der Waals surface area contributed by atoms with Crippen molar-refractivity contribution in [3.05, 3.63) is 62.7 Å². The van der Waals surface area contributed by atoms with E-state index in [2.05, 4.69) is 9.62 Å². The Morgan fingerprint density at radius 2 is 1.84 bits per heavy atom. The number of nitrogens with zero attached hydrogens (tertiary/aromatic N) is 2. The van der Waals surface area contributed by atoms with Gasteiger partial charge in [-0.2, -0.15) is 0 Å². The first-order valence-electron chi connectivity index (χ1n) is 9.71.